The fourth-order valence-electron chi connectivity index (χ4n) is 3.21. The Morgan fingerprint density at radius 3 is 2.48 bits per heavy atom. The minimum absolute atomic E-state index is 0.236. The van der Waals surface area contributed by atoms with E-state index in [1.807, 2.05) is 25.1 Å². The summed E-state index contributed by atoms with van der Waals surface area (Å²) in [6.45, 7) is 6.03. The van der Waals surface area contributed by atoms with E-state index in [4.69, 9.17) is 9.15 Å². The number of nitrogens with zero attached hydrogens (tertiary/aromatic N) is 1. The van der Waals surface area contributed by atoms with Crippen LogP contribution in [0, 0.1) is 5.82 Å². The van der Waals surface area contributed by atoms with Crippen LogP contribution in [-0.2, 0) is 19.5 Å². The molecule has 5 heteroatoms. The Labute approximate surface area is 158 Å². The summed E-state index contributed by atoms with van der Waals surface area (Å²) in [5.41, 5.74) is 3.17. The first-order chi connectivity index (χ1) is 13.0. The van der Waals surface area contributed by atoms with Gasteiger partial charge in [-0.1, -0.05) is 32.0 Å². The molecule has 0 saturated heterocycles. The fraction of sp³-hybridized carbons (Fsp3) is 0.318. The molecule has 27 heavy (non-hydrogen) atoms. The van der Waals surface area contributed by atoms with E-state index in [1.165, 1.54) is 13.2 Å². The lowest BCUT2D eigenvalue weighted by molar-refractivity contribution is 0.271. The molecule has 0 aliphatic rings. The van der Waals surface area contributed by atoms with Crippen molar-refractivity contribution < 1.29 is 13.5 Å². The van der Waals surface area contributed by atoms with Crippen molar-refractivity contribution in [1.82, 2.24) is 4.90 Å². The van der Waals surface area contributed by atoms with Gasteiger partial charge in [0, 0.05) is 24.5 Å². The molecule has 0 saturated carbocycles. The number of hydrogen-bond acceptors (Lipinski definition) is 4. The normalized spacial score (nSPS) is 11.3. The average molecular weight is 369 g/mol. The highest BCUT2D eigenvalue weighted by Crippen LogP contribution is 2.22. The van der Waals surface area contributed by atoms with Crippen LogP contribution in [0.2, 0.25) is 0 Å². The van der Waals surface area contributed by atoms with Crippen LogP contribution in [-0.4, -0.2) is 18.6 Å². The molecule has 0 aliphatic carbocycles. The second-order valence-electron chi connectivity index (χ2n) is 6.55. The van der Waals surface area contributed by atoms with Gasteiger partial charge < -0.3 is 9.15 Å². The van der Waals surface area contributed by atoms with E-state index in [-0.39, 0.29) is 17.2 Å². The number of aryl methyl sites for hydroxylation is 1. The molecule has 2 aromatic carbocycles. The quantitative estimate of drug-likeness (QED) is 0.574. The minimum Gasteiger partial charge on any atom is -0.494 e. The molecule has 142 valence electrons. The zero-order valence-electron chi connectivity index (χ0n) is 15.9. The van der Waals surface area contributed by atoms with Crippen LogP contribution in [0.1, 0.15) is 30.5 Å². The summed E-state index contributed by atoms with van der Waals surface area (Å²) >= 11 is 0. The van der Waals surface area contributed by atoms with Gasteiger partial charge in [-0.25, -0.2) is 9.18 Å². The number of methoxy groups -OCH3 is 1. The first-order valence-electron chi connectivity index (χ1n) is 9.14. The van der Waals surface area contributed by atoms with Crippen molar-refractivity contribution in [3.63, 3.8) is 0 Å². The van der Waals surface area contributed by atoms with Gasteiger partial charge in [-0.15, -0.1) is 0 Å². The second kappa shape index (κ2) is 8.35. The third-order valence-electron chi connectivity index (χ3n) is 4.77. The summed E-state index contributed by atoms with van der Waals surface area (Å²) < 4.78 is 24.3. The van der Waals surface area contributed by atoms with Crippen LogP contribution < -0.4 is 10.4 Å². The van der Waals surface area contributed by atoms with Gasteiger partial charge >= 0.3 is 5.63 Å². The number of fused-ring (bicyclic) bond motifs is 1. The summed E-state index contributed by atoms with van der Waals surface area (Å²) in [4.78, 5) is 14.2. The van der Waals surface area contributed by atoms with E-state index in [0.29, 0.717) is 18.7 Å². The number of hydrogen-bond donors (Lipinski definition) is 0. The number of rotatable bonds is 7. The standard InChI is InChI=1S/C22H24FNO3/c1-4-15-6-8-18-17(12-22(25)27-21(18)11-15)14-24(5-2)13-16-7-9-20(26-3)19(23)10-16/h6-12H,4-5,13-14H2,1-3H3. The summed E-state index contributed by atoms with van der Waals surface area (Å²) in [5, 5.41) is 0.936. The van der Waals surface area contributed by atoms with Gasteiger partial charge in [-0.05, 0) is 47.9 Å². The van der Waals surface area contributed by atoms with Crippen molar-refractivity contribution in [2.24, 2.45) is 0 Å². The molecule has 0 bridgehead atoms. The third kappa shape index (κ3) is 4.37. The van der Waals surface area contributed by atoms with Crippen LogP contribution in [0.3, 0.4) is 0 Å². The van der Waals surface area contributed by atoms with Crippen molar-refractivity contribution in [3.05, 3.63) is 75.4 Å². The molecule has 1 heterocycles. The van der Waals surface area contributed by atoms with Crippen LogP contribution in [0.25, 0.3) is 11.0 Å². The molecule has 0 amide bonds. The largest absolute Gasteiger partial charge is 0.494 e. The number of ether oxygens (including phenoxy) is 1. The molecule has 0 fully saturated rings. The lowest BCUT2D eigenvalue weighted by Crippen LogP contribution is -2.23. The summed E-state index contributed by atoms with van der Waals surface area (Å²) in [6.07, 6.45) is 0.883. The van der Waals surface area contributed by atoms with Crippen molar-refractivity contribution in [3.8, 4) is 5.75 Å². The molecule has 0 atom stereocenters. The van der Waals surface area contributed by atoms with E-state index in [2.05, 4.69) is 17.9 Å². The van der Waals surface area contributed by atoms with Gasteiger partial charge in [0.1, 0.15) is 5.58 Å². The summed E-state index contributed by atoms with van der Waals surface area (Å²) in [7, 11) is 1.45. The molecule has 3 aromatic rings. The molecule has 0 radical (unpaired) electrons. The molecule has 0 N–H and O–H groups in total. The number of benzene rings is 2. The van der Waals surface area contributed by atoms with Crippen LogP contribution in [0.5, 0.6) is 5.75 Å². The van der Waals surface area contributed by atoms with Gasteiger partial charge in [-0.3, -0.25) is 4.90 Å². The predicted octanol–water partition coefficient (Wildman–Crippen LogP) is 4.53. The molecule has 0 aliphatic heterocycles. The van der Waals surface area contributed by atoms with Crippen molar-refractivity contribution in [2.75, 3.05) is 13.7 Å². The van der Waals surface area contributed by atoms with Crippen molar-refractivity contribution >= 4 is 11.0 Å². The van der Waals surface area contributed by atoms with Gasteiger partial charge in [0.25, 0.3) is 0 Å². The van der Waals surface area contributed by atoms with Gasteiger partial charge in [0.05, 0.1) is 7.11 Å². The Bertz CT molecular complexity index is 997. The monoisotopic (exact) mass is 369 g/mol. The topological polar surface area (TPSA) is 42.7 Å². The maximum atomic E-state index is 14.0. The highest BCUT2D eigenvalue weighted by Gasteiger charge is 2.12. The fourth-order valence-corrected chi connectivity index (χ4v) is 3.21. The first kappa shape index (κ1) is 19.1. The Hall–Kier alpha value is -2.66. The SMILES string of the molecule is CCc1ccc2c(CN(CC)Cc3ccc(OC)c(F)c3)cc(=O)oc2c1. The molecule has 1 aromatic heterocycles. The van der Waals surface area contributed by atoms with Crippen LogP contribution >= 0.6 is 0 Å². The summed E-state index contributed by atoms with van der Waals surface area (Å²) in [5.74, 6) is -0.135. The van der Waals surface area contributed by atoms with E-state index < -0.39 is 0 Å². The van der Waals surface area contributed by atoms with E-state index in [0.717, 1.165) is 35.0 Å². The average Bonchev–Trinajstić information content (AvgIpc) is 2.66. The molecular weight excluding hydrogens is 345 g/mol. The van der Waals surface area contributed by atoms with Crippen LogP contribution in [0.15, 0.2) is 51.7 Å². The first-order valence-corrected chi connectivity index (χ1v) is 9.14. The van der Waals surface area contributed by atoms with Gasteiger partial charge in [-0.2, -0.15) is 0 Å². The zero-order chi connectivity index (χ0) is 19.4. The Morgan fingerprint density at radius 1 is 1.04 bits per heavy atom. The van der Waals surface area contributed by atoms with Gasteiger partial charge in [0.2, 0.25) is 0 Å². The predicted molar refractivity (Wildman–Crippen MR) is 105 cm³/mol. The highest BCUT2D eigenvalue weighted by molar-refractivity contribution is 5.80. The molecule has 3 rings (SSSR count). The van der Waals surface area contributed by atoms with Gasteiger partial charge in [0.15, 0.2) is 11.6 Å². The lowest BCUT2D eigenvalue weighted by Gasteiger charge is -2.21. The number of halogens is 1. The lowest BCUT2D eigenvalue weighted by atomic mass is 10.1. The van der Waals surface area contributed by atoms with E-state index in [9.17, 15) is 9.18 Å². The van der Waals surface area contributed by atoms with Crippen molar-refractivity contribution in [2.45, 2.75) is 33.4 Å². The zero-order valence-corrected chi connectivity index (χ0v) is 15.9. The molecule has 0 spiro atoms. The third-order valence-corrected chi connectivity index (χ3v) is 4.77. The molecular formula is C22H24FNO3. The van der Waals surface area contributed by atoms with Crippen LogP contribution in [0.4, 0.5) is 4.39 Å². The maximum Gasteiger partial charge on any atom is 0.336 e. The van der Waals surface area contributed by atoms with Crippen molar-refractivity contribution in [1.29, 1.82) is 0 Å². The van der Waals surface area contributed by atoms with E-state index in [1.54, 1.807) is 12.1 Å². The second-order valence-corrected chi connectivity index (χ2v) is 6.55. The highest BCUT2D eigenvalue weighted by atomic mass is 19.1. The Morgan fingerprint density at radius 2 is 1.81 bits per heavy atom. The Kier molecular flexibility index (Phi) is 5.91. The maximum absolute atomic E-state index is 14.0. The molecule has 0 unspecified atom stereocenters. The minimum atomic E-state index is -0.371. The summed E-state index contributed by atoms with van der Waals surface area (Å²) in [6, 6.07) is 12.5. The van der Waals surface area contributed by atoms with E-state index >= 15 is 0 Å². The molecule has 4 nitrogen and oxygen atoms in total. The smallest absolute Gasteiger partial charge is 0.336 e. The Balaban J connectivity index is 1.88.